The van der Waals surface area contributed by atoms with Crippen LogP contribution >= 0.6 is 35.4 Å². The third-order valence-electron chi connectivity index (χ3n) is 5.72. The van der Waals surface area contributed by atoms with Gasteiger partial charge in [0.25, 0.3) is 5.91 Å². The zero-order valence-corrected chi connectivity index (χ0v) is 20.5. The number of allylic oxidation sites excluding steroid dienone is 2. The summed E-state index contributed by atoms with van der Waals surface area (Å²) in [7, 11) is 1.73. The van der Waals surface area contributed by atoms with E-state index in [1.54, 1.807) is 24.1 Å². The van der Waals surface area contributed by atoms with Gasteiger partial charge >= 0.3 is 0 Å². The number of carbonyl (C=O) groups is 1. The van der Waals surface area contributed by atoms with Gasteiger partial charge in [-0.15, -0.1) is 0 Å². The number of fused-ring (bicyclic) bond motifs is 1. The lowest BCUT2D eigenvalue weighted by molar-refractivity contribution is -0.132. The van der Waals surface area contributed by atoms with Gasteiger partial charge in [0.2, 0.25) is 6.17 Å². The van der Waals surface area contributed by atoms with E-state index in [9.17, 15) is 4.79 Å². The van der Waals surface area contributed by atoms with E-state index in [4.69, 9.17) is 45.7 Å². The van der Waals surface area contributed by atoms with E-state index >= 15 is 0 Å². The molecule has 0 aromatic heterocycles. The number of anilines is 1. The van der Waals surface area contributed by atoms with Crippen molar-refractivity contribution in [3.8, 4) is 6.07 Å². The summed E-state index contributed by atoms with van der Waals surface area (Å²) in [6.07, 6.45) is 4.81. The maximum absolute atomic E-state index is 13.4. The van der Waals surface area contributed by atoms with Crippen LogP contribution in [0.1, 0.15) is 11.1 Å². The standard InChI is InChI=1S/C25H21Cl2N5OS/c1-32-21-11-10-16(26)14-18(21)22(17-7-3-4-8-19(17)27)30-23(24(32)33)31-25(34)29-20-9-5-2-6-15(20)12-13-28/h2-11,14,18,21,23H,12H2,1H3,(H2,29,31,34). The Balaban J connectivity index is 1.69. The van der Waals surface area contributed by atoms with Crippen LogP contribution in [0.4, 0.5) is 5.69 Å². The molecular weight excluding hydrogens is 489 g/mol. The molecule has 2 aromatic rings. The Morgan fingerprint density at radius 2 is 1.94 bits per heavy atom. The van der Waals surface area contributed by atoms with Crippen LogP contribution in [0.25, 0.3) is 0 Å². The summed E-state index contributed by atoms with van der Waals surface area (Å²) in [5.41, 5.74) is 2.86. The Hall–Kier alpha value is -3.18. The number of likely N-dealkylation sites (N-methyl/N-ethyl adjacent to an activating group) is 1. The molecular formula is C25H21Cl2N5OS. The minimum absolute atomic E-state index is 0.216. The second-order valence-electron chi connectivity index (χ2n) is 7.86. The number of para-hydroxylation sites is 1. The molecule has 1 aliphatic carbocycles. The lowest BCUT2D eigenvalue weighted by Crippen LogP contribution is -2.49. The molecule has 0 radical (unpaired) electrons. The molecule has 6 nitrogen and oxygen atoms in total. The molecule has 3 unspecified atom stereocenters. The number of thiocarbonyl (C=S) groups is 1. The molecule has 2 N–H and O–H groups in total. The van der Waals surface area contributed by atoms with Crippen LogP contribution in [0.3, 0.4) is 0 Å². The summed E-state index contributed by atoms with van der Waals surface area (Å²) in [6, 6.07) is 16.6. The molecule has 9 heteroatoms. The summed E-state index contributed by atoms with van der Waals surface area (Å²) < 4.78 is 0. The van der Waals surface area contributed by atoms with Gasteiger partial charge in [-0.2, -0.15) is 5.26 Å². The molecule has 0 saturated carbocycles. The van der Waals surface area contributed by atoms with E-state index in [2.05, 4.69) is 16.7 Å². The van der Waals surface area contributed by atoms with Crippen molar-refractivity contribution in [3.05, 3.63) is 87.9 Å². The van der Waals surface area contributed by atoms with E-state index < -0.39 is 6.17 Å². The number of hydrogen-bond acceptors (Lipinski definition) is 4. The molecule has 1 aliphatic heterocycles. The van der Waals surface area contributed by atoms with Gasteiger partial charge in [0, 0.05) is 34.3 Å². The van der Waals surface area contributed by atoms with E-state index in [0.29, 0.717) is 21.5 Å². The predicted octanol–water partition coefficient (Wildman–Crippen LogP) is 4.66. The van der Waals surface area contributed by atoms with Crippen LogP contribution < -0.4 is 10.6 Å². The second kappa shape index (κ2) is 10.4. The third kappa shape index (κ3) is 5.00. The third-order valence-corrected chi connectivity index (χ3v) is 6.53. The topological polar surface area (TPSA) is 80.5 Å². The Labute approximate surface area is 213 Å². The largest absolute Gasteiger partial charge is 0.335 e. The molecule has 0 fully saturated rings. The number of amides is 1. The smallest absolute Gasteiger partial charge is 0.268 e. The van der Waals surface area contributed by atoms with Gasteiger partial charge in [0.15, 0.2) is 5.11 Å². The fourth-order valence-corrected chi connectivity index (χ4v) is 4.71. The minimum Gasteiger partial charge on any atom is -0.335 e. The van der Waals surface area contributed by atoms with Gasteiger partial charge in [-0.05, 0) is 36.0 Å². The quantitative estimate of drug-likeness (QED) is 0.586. The molecule has 0 spiro atoms. The van der Waals surface area contributed by atoms with Crippen LogP contribution in [0.15, 0.2) is 76.8 Å². The Kier molecular flexibility index (Phi) is 7.32. The molecule has 3 atom stereocenters. The van der Waals surface area contributed by atoms with Gasteiger partial charge < -0.3 is 15.5 Å². The number of rotatable bonds is 4. The number of nitrogens with one attached hydrogen (secondary N) is 2. The van der Waals surface area contributed by atoms with Crippen LogP contribution in [0.5, 0.6) is 0 Å². The predicted molar refractivity (Wildman–Crippen MR) is 140 cm³/mol. The zero-order chi connectivity index (χ0) is 24.2. The van der Waals surface area contributed by atoms with Gasteiger partial charge in [-0.3, -0.25) is 9.79 Å². The lowest BCUT2D eigenvalue weighted by atomic mass is 9.86. The van der Waals surface area contributed by atoms with E-state index in [0.717, 1.165) is 11.1 Å². The summed E-state index contributed by atoms with van der Waals surface area (Å²) in [6.45, 7) is 0. The van der Waals surface area contributed by atoms with Gasteiger partial charge in [-0.25, -0.2) is 0 Å². The second-order valence-corrected chi connectivity index (χ2v) is 9.12. The summed E-state index contributed by atoms with van der Waals surface area (Å²) in [5.74, 6) is -0.529. The van der Waals surface area contributed by atoms with Gasteiger partial charge in [0.1, 0.15) is 0 Å². The highest BCUT2D eigenvalue weighted by Crippen LogP contribution is 2.32. The number of nitriles is 1. The number of nitrogens with zero attached hydrogens (tertiary/aromatic N) is 3. The Morgan fingerprint density at radius 3 is 2.71 bits per heavy atom. The van der Waals surface area contributed by atoms with Crippen molar-refractivity contribution in [3.63, 3.8) is 0 Å². The number of hydrogen-bond donors (Lipinski definition) is 2. The van der Waals surface area contributed by atoms with Crippen molar-refractivity contribution in [2.24, 2.45) is 10.9 Å². The first kappa shape index (κ1) is 24.0. The van der Waals surface area contributed by atoms with Crippen molar-refractivity contribution in [1.29, 1.82) is 5.26 Å². The Morgan fingerprint density at radius 1 is 1.21 bits per heavy atom. The molecule has 1 heterocycles. The van der Waals surface area contributed by atoms with Crippen molar-refractivity contribution in [2.75, 3.05) is 12.4 Å². The molecule has 0 bridgehead atoms. The molecule has 1 amide bonds. The highest BCUT2D eigenvalue weighted by atomic mass is 35.5. The zero-order valence-electron chi connectivity index (χ0n) is 18.2. The summed E-state index contributed by atoms with van der Waals surface area (Å²) in [5, 5.41) is 16.5. The molecule has 2 aromatic carbocycles. The van der Waals surface area contributed by atoms with Gasteiger partial charge in [-0.1, -0.05) is 71.8 Å². The first-order valence-corrected chi connectivity index (χ1v) is 11.7. The van der Waals surface area contributed by atoms with Crippen LogP contribution in [0.2, 0.25) is 5.02 Å². The number of halogens is 2. The molecule has 2 aliphatic rings. The Bertz CT molecular complexity index is 1270. The van der Waals surface area contributed by atoms with Crippen molar-refractivity contribution in [2.45, 2.75) is 18.6 Å². The lowest BCUT2D eigenvalue weighted by Gasteiger charge is -2.32. The van der Waals surface area contributed by atoms with Crippen molar-refractivity contribution in [1.82, 2.24) is 10.2 Å². The fraction of sp³-hybridized carbons (Fsp3) is 0.200. The molecule has 0 saturated heterocycles. The van der Waals surface area contributed by atoms with Crippen molar-refractivity contribution >= 4 is 57.8 Å². The van der Waals surface area contributed by atoms with Gasteiger partial charge in [0.05, 0.1) is 24.2 Å². The maximum Gasteiger partial charge on any atom is 0.268 e. The number of carbonyl (C=O) groups excluding carboxylic acids is 1. The SMILES string of the molecule is CN1C(=O)C(NC(=S)Nc2ccccc2CC#N)N=C(c2ccccc2Cl)C2C=C(Cl)C=CC21. The maximum atomic E-state index is 13.4. The van der Waals surface area contributed by atoms with E-state index in [1.807, 2.05) is 54.6 Å². The van der Waals surface area contributed by atoms with Crippen molar-refractivity contribution < 1.29 is 4.79 Å². The van der Waals surface area contributed by atoms with Crippen LogP contribution in [0, 0.1) is 17.2 Å². The average molecular weight is 510 g/mol. The average Bonchev–Trinajstić information content (AvgIpc) is 2.91. The highest BCUT2D eigenvalue weighted by Gasteiger charge is 2.38. The highest BCUT2D eigenvalue weighted by molar-refractivity contribution is 7.80. The van der Waals surface area contributed by atoms with E-state index in [-0.39, 0.29) is 29.4 Å². The normalized spacial score (nSPS) is 21.5. The van der Waals surface area contributed by atoms with E-state index in [1.165, 1.54) is 0 Å². The molecule has 4 rings (SSSR count). The first-order chi connectivity index (χ1) is 16.4. The minimum atomic E-state index is -0.981. The van der Waals surface area contributed by atoms with Crippen LogP contribution in [-0.2, 0) is 11.2 Å². The fourth-order valence-electron chi connectivity index (χ4n) is 4.04. The molecule has 34 heavy (non-hydrogen) atoms. The summed E-state index contributed by atoms with van der Waals surface area (Å²) in [4.78, 5) is 19.9. The van der Waals surface area contributed by atoms with Crippen LogP contribution in [-0.4, -0.2) is 40.9 Å². The monoisotopic (exact) mass is 509 g/mol. The first-order valence-electron chi connectivity index (χ1n) is 10.6. The number of benzene rings is 2. The summed E-state index contributed by atoms with van der Waals surface area (Å²) >= 11 is 18.4. The molecule has 172 valence electrons. The number of aliphatic imine (C=N–C) groups is 1.